The molecule has 0 unspecified atom stereocenters. The van der Waals surface area contributed by atoms with E-state index in [0.29, 0.717) is 22.5 Å². The number of rotatable bonds is 8. The molecule has 0 aliphatic carbocycles. The van der Waals surface area contributed by atoms with E-state index in [0.717, 1.165) is 9.90 Å². The Kier molecular flexibility index (Phi) is 7.48. The maximum absolute atomic E-state index is 11.7. The highest BCUT2D eigenvalue weighted by Crippen LogP contribution is 2.28. The summed E-state index contributed by atoms with van der Waals surface area (Å²) in [6, 6.07) is 7.60. The molecule has 128 valence electrons. The van der Waals surface area contributed by atoms with Crippen LogP contribution in [0.2, 0.25) is 5.02 Å². The molecule has 9 heteroatoms. The first-order chi connectivity index (χ1) is 11.6. The van der Waals surface area contributed by atoms with Crippen LogP contribution < -0.4 is 5.32 Å². The standard InChI is InChI=1S/C15H16ClN3O3S2/c1-2-22-13(21)7-6-12(20)17-14-18-19-15(24-14)23-9-10-4-3-5-11(16)8-10/h3-5,8H,2,6-7,9H2,1H3,(H,17,18,20). The number of hydrogen-bond donors (Lipinski definition) is 1. The number of esters is 1. The SMILES string of the molecule is CCOC(=O)CCC(=O)Nc1nnc(SCc2cccc(Cl)c2)s1. The first-order valence-electron chi connectivity index (χ1n) is 7.23. The summed E-state index contributed by atoms with van der Waals surface area (Å²) < 4.78 is 5.52. The van der Waals surface area contributed by atoms with E-state index in [2.05, 4.69) is 15.5 Å². The normalized spacial score (nSPS) is 10.4. The summed E-state index contributed by atoms with van der Waals surface area (Å²) in [5, 5.41) is 11.7. The quantitative estimate of drug-likeness (QED) is 0.423. The third-order valence-electron chi connectivity index (χ3n) is 2.77. The van der Waals surface area contributed by atoms with Crippen molar-refractivity contribution < 1.29 is 14.3 Å². The number of aromatic nitrogens is 2. The van der Waals surface area contributed by atoms with Gasteiger partial charge < -0.3 is 10.1 Å². The smallest absolute Gasteiger partial charge is 0.306 e. The maximum Gasteiger partial charge on any atom is 0.306 e. The van der Waals surface area contributed by atoms with Crippen LogP contribution in [0.15, 0.2) is 28.6 Å². The topological polar surface area (TPSA) is 81.2 Å². The number of benzene rings is 1. The fourth-order valence-electron chi connectivity index (χ4n) is 1.72. The van der Waals surface area contributed by atoms with Crippen molar-refractivity contribution in [3.05, 3.63) is 34.9 Å². The number of thioether (sulfide) groups is 1. The van der Waals surface area contributed by atoms with Gasteiger partial charge in [-0.15, -0.1) is 10.2 Å². The predicted octanol–water partition coefficient (Wildman–Crippen LogP) is 3.77. The molecule has 6 nitrogen and oxygen atoms in total. The lowest BCUT2D eigenvalue weighted by Gasteiger charge is -2.01. The van der Waals surface area contributed by atoms with E-state index >= 15 is 0 Å². The summed E-state index contributed by atoms with van der Waals surface area (Å²) >= 11 is 8.75. The minimum absolute atomic E-state index is 0.0504. The van der Waals surface area contributed by atoms with Crippen LogP contribution in [0.25, 0.3) is 0 Å². The molecule has 0 aliphatic rings. The first-order valence-corrected chi connectivity index (χ1v) is 9.41. The summed E-state index contributed by atoms with van der Waals surface area (Å²) in [5.74, 6) is 0.0414. The number of carbonyl (C=O) groups is 2. The van der Waals surface area contributed by atoms with Crippen molar-refractivity contribution in [2.75, 3.05) is 11.9 Å². The number of nitrogens with one attached hydrogen (secondary N) is 1. The van der Waals surface area contributed by atoms with Crippen molar-refractivity contribution in [3.63, 3.8) is 0 Å². The second-order valence-electron chi connectivity index (χ2n) is 4.64. The van der Waals surface area contributed by atoms with E-state index in [1.165, 1.54) is 23.1 Å². The molecule has 1 N–H and O–H groups in total. The van der Waals surface area contributed by atoms with Gasteiger partial charge in [0.05, 0.1) is 13.0 Å². The Bertz CT molecular complexity index is 709. The monoisotopic (exact) mass is 385 g/mol. The Balaban J connectivity index is 1.78. The van der Waals surface area contributed by atoms with Crippen molar-refractivity contribution in [1.29, 1.82) is 0 Å². The van der Waals surface area contributed by atoms with E-state index in [4.69, 9.17) is 16.3 Å². The molecule has 1 aromatic heterocycles. The molecule has 1 amide bonds. The van der Waals surface area contributed by atoms with E-state index in [1.807, 2.05) is 24.3 Å². The van der Waals surface area contributed by atoms with Crippen molar-refractivity contribution in [2.24, 2.45) is 0 Å². The molecule has 24 heavy (non-hydrogen) atoms. The van der Waals surface area contributed by atoms with Crippen LogP contribution in [0.4, 0.5) is 5.13 Å². The Labute approximate surface area is 153 Å². The molecule has 0 spiro atoms. The summed E-state index contributed by atoms with van der Waals surface area (Å²) in [6.07, 6.45) is 0.109. The lowest BCUT2D eigenvalue weighted by Crippen LogP contribution is -2.14. The van der Waals surface area contributed by atoms with E-state index in [9.17, 15) is 9.59 Å². The molecule has 0 saturated heterocycles. The molecule has 0 saturated carbocycles. The lowest BCUT2D eigenvalue weighted by molar-refractivity contribution is -0.144. The summed E-state index contributed by atoms with van der Waals surface area (Å²) in [6.45, 7) is 2.03. The number of amides is 1. The lowest BCUT2D eigenvalue weighted by atomic mass is 10.2. The number of hydrogen-bond acceptors (Lipinski definition) is 7. The fraction of sp³-hybridized carbons (Fsp3) is 0.333. The highest BCUT2D eigenvalue weighted by Gasteiger charge is 2.11. The van der Waals surface area contributed by atoms with Crippen molar-refractivity contribution >= 4 is 51.7 Å². The van der Waals surface area contributed by atoms with Gasteiger partial charge in [-0.3, -0.25) is 9.59 Å². The average Bonchev–Trinajstić information content (AvgIpc) is 2.99. The number of anilines is 1. The highest BCUT2D eigenvalue weighted by molar-refractivity contribution is 8.00. The van der Waals surface area contributed by atoms with Crippen molar-refractivity contribution in [1.82, 2.24) is 10.2 Å². The number of ether oxygens (including phenoxy) is 1. The van der Waals surface area contributed by atoms with Gasteiger partial charge in [0, 0.05) is 17.2 Å². The molecule has 2 rings (SSSR count). The average molecular weight is 386 g/mol. The molecule has 1 heterocycles. The van der Waals surface area contributed by atoms with Gasteiger partial charge in [-0.05, 0) is 24.6 Å². The summed E-state index contributed by atoms with van der Waals surface area (Å²) in [7, 11) is 0. The van der Waals surface area contributed by atoms with Crippen molar-refractivity contribution in [2.45, 2.75) is 29.9 Å². The van der Waals surface area contributed by atoms with Gasteiger partial charge in [-0.1, -0.05) is 46.8 Å². The molecule has 2 aromatic rings. The second-order valence-corrected chi connectivity index (χ2v) is 7.28. The largest absolute Gasteiger partial charge is 0.466 e. The van der Waals surface area contributed by atoms with Gasteiger partial charge in [-0.2, -0.15) is 0 Å². The number of nitrogens with zero attached hydrogens (tertiary/aromatic N) is 2. The van der Waals surface area contributed by atoms with Crippen LogP contribution in [-0.2, 0) is 20.1 Å². The molecule has 1 aromatic carbocycles. The Hall–Kier alpha value is -1.64. The third kappa shape index (κ3) is 6.46. The maximum atomic E-state index is 11.7. The zero-order valence-electron chi connectivity index (χ0n) is 13.0. The van der Waals surface area contributed by atoms with E-state index in [1.54, 1.807) is 6.92 Å². The van der Waals surface area contributed by atoms with E-state index in [-0.39, 0.29) is 24.7 Å². The van der Waals surface area contributed by atoms with Gasteiger partial charge in [0.2, 0.25) is 11.0 Å². The minimum Gasteiger partial charge on any atom is -0.466 e. The summed E-state index contributed by atoms with van der Waals surface area (Å²) in [4.78, 5) is 23.0. The molecular formula is C15H16ClN3O3S2. The van der Waals surface area contributed by atoms with Crippen LogP contribution in [0, 0.1) is 0 Å². The van der Waals surface area contributed by atoms with Crippen LogP contribution in [0.3, 0.4) is 0 Å². The van der Waals surface area contributed by atoms with Crippen LogP contribution in [-0.4, -0.2) is 28.7 Å². The third-order valence-corrected chi connectivity index (χ3v) is 5.04. The second kappa shape index (κ2) is 9.61. The first kappa shape index (κ1) is 18.7. The van der Waals surface area contributed by atoms with Gasteiger partial charge in [-0.25, -0.2) is 0 Å². The molecular weight excluding hydrogens is 370 g/mol. The molecule has 0 radical (unpaired) electrons. The summed E-state index contributed by atoms with van der Waals surface area (Å²) in [5.41, 5.74) is 1.09. The van der Waals surface area contributed by atoms with Gasteiger partial charge in [0.25, 0.3) is 0 Å². The van der Waals surface area contributed by atoms with Crippen LogP contribution in [0.1, 0.15) is 25.3 Å². The predicted molar refractivity (Wildman–Crippen MR) is 95.4 cm³/mol. The molecule has 0 aliphatic heterocycles. The fourth-order valence-corrected chi connectivity index (χ4v) is 3.64. The Morgan fingerprint density at radius 2 is 2.17 bits per heavy atom. The minimum atomic E-state index is -0.386. The van der Waals surface area contributed by atoms with Crippen molar-refractivity contribution in [3.8, 4) is 0 Å². The zero-order chi connectivity index (χ0) is 17.4. The van der Waals surface area contributed by atoms with Crippen LogP contribution >= 0.6 is 34.7 Å². The van der Waals surface area contributed by atoms with Gasteiger partial charge in [0.1, 0.15) is 0 Å². The van der Waals surface area contributed by atoms with Gasteiger partial charge in [0.15, 0.2) is 4.34 Å². The molecule has 0 fully saturated rings. The zero-order valence-corrected chi connectivity index (χ0v) is 15.3. The molecule has 0 bridgehead atoms. The molecule has 0 atom stereocenters. The van der Waals surface area contributed by atoms with E-state index < -0.39 is 0 Å². The van der Waals surface area contributed by atoms with Gasteiger partial charge >= 0.3 is 5.97 Å². The number of carbonyl (C=O) groups excluding carboxylic acids is 2. The Morgan fingerprint density at radius 1 is 1.33 bits per heavy atom. The highest BCUT2D eigenvalue weighted by atomic mass is 35.5. The Morgan fingerprint density at radius 3 is 2.92 bits per heavy atom. The van der Waals surface area contributed by atoms with Crippen LogP contribution in [0.5, 0.6) is 0 Å². The number of halogens is 1.